The number of aromatic carboxylic acids is 2. The van der Waals surface area contributed by atoms with Crippen molar-refractivity contribution in [2.24, 2.45) is 5.92 Å². The molecule has 0 amide bonds. The van der Waals surface area contributed by atoms with Crippen LogP contribution in [0.15, 0.2) is 71.5 Å². The molecule has 0 bridgehead atoms. The zero-order chi connectivity index (χ0) is 35.5. The van der Waals surface area contributed by atoms with E-state index < -0.39 is 53.5 Å². The molecule has 0 aromatic carbocycles. The Labute approximate surface area is 300 Å². The monoisotopic (exact) mass is 788 g/mol. The van der Waals surface area contributed by atoms with Crippen LogP contribution in [0.2, 0.25) is 0 Å². The number of hydrogen-bond acceptors (Lipinski definition) is 8. The van der Waals surface area contributed by atoms with E-state index in [2.05, 4.69) is 12.6 Å². The standard InChI is InChI=1S/C33H22F6O4S6/c1-15(4-2-10-44)27-17(14-25(48-27)20-7-9-23(47-20)30(42)43)26-18(31(34,35)33(38,39)32(26,36)37)12-16-13-24(19-6-8-22(46-19)29(40)41)49-28(16)21-5-3-11-45-21/h2-11,13-14,18,26,44H,12H2,1H3,(H,40,41)(H,42,43)/b10-2-,15-4+. The molecule has 4 nitrogen and oxygen atoms in total. The van der Waals surface area contributed by atoms with E-state index in [1.165, 1.54) is 66.2 Å². The minimum Gasteiger partial charge on any atom is -0.477 e. The van der Waals surface area contributed by atoms with Gasteiger partial charge in [-0.1, -0.05) is 18.2 Å². The highest BCUT2D eigenvalue weighted by Crippen LogP contribution is 2.67. The topological polar surface area (TPSA) is 74.6 Å². The Kier molecular flexibility index (Phi) is 9.60. The van der Waals surface area contributed by atoms with Gasteiger partial charge in [0.2, 0.25) is 0 Å². The Bertz CT molecular complexity index is 2100. The van der Waals surface area contributed by atoms with Crippen LogP contribution < -0.4 is 0 Å². The highest BCUT2D eigenvalue weighted by molar-refractivity contribution is 7.83. The summed E-state index contributed by atoms with van der Waals surface area (Å²) in [5.74, 6) is -23.6. The second kappa shape index (κ2) is 13.2. The van der Waals surface area contributed by atoms with E-state index in [0.717, 1.165) is 45.3 Å². The van der Waals surface area contributed by atoms with Gasteiger partial charge in [0.15, 0.2) is 0 Å². The molecule has 0 radical (unpaired) electrons. The lowest BCUT2D eigenvalue weighted by Crippen LogP contribution is -2.48. The maximum Gasteiger partial charge on any atom is 0.372 e. The normalized spacial score (nSPS) is 20.0. The summed E-state index contributed by atoms with van der Waals surface area (Å²) in [4.78, 5) is 25.7. The molecule has 1 aliphatic carbocycles. The maximum absolute atomic E-state index is 16.1. The average molecular weight is 789 g/mol. The Balaban J connectivity index is 1.53. The minimum atomic E-state index is -5.71. The van der Waals surface area contributed by atoms with Crippen LogP contribution in [0.4, 0.5) is 26.3 Å². The van der Waals surface area contributed by atoms with Crippen molar-refractivity contribution >= 4 is 86.8 Å². The third-order valence-electron chi connectivity index (χ3n) is 8.10. The SMILES string of the molecule is C/C(=C\C=C/S)c1sc(-c2ccc(C(=O)O)s2)cc1C1C(Cc2cc(-c3ccc(C(=O)O)s3)sc2-c2cccs2)C(F)(F)C(F)(F)C1(F)F. The zero-order valence-electron chi connectivity index (χ0n) is 24.8. The lowest BCUT2D eigenvalue weighted by Gasteiger charge is -2.25. The van der Waals surface area contributed by atoms with Crippen LogP contribution >= 0.6 is 69.3 Å². The van der Waals surface area contributed by atoms with Gasteiger partial charge >= 0.3 is 29.7 Å². The smallest absolute Gasteiger partial charge is 0.372 e. The first-order valence-electron chi connectivity index (χ1n) is 14.2. The van der Waals surface area contributed by atoms with Crippen molar-refractivity contribution in [2.45, 2.75) is 37.0 Å². The van der Waals surface area contributed by atoms with Crippen LogP contribution in [0.25, 0.3) is 34.8 Å². The van der Waals surface area contributed by atoms with Crippen molar-refractivity contribution in [2.75, 3.05) is 0 Å². The molecule has 0 aliphatic heterocycles. The third-order valence-corrected chi connectivity index (χ3v) is 14.3. The molecule has 6 rings (SSSR count). The van der Waals surface area contributed by atoms with Gasteiger partial charge in [0.1, 0.15) is 9.75 Å². The number of rotatable bonds is 10. The van der Waals surface area contributed by atoms with E-state index in [1.807, 2.05) is 0 Å². The second-order valence-electron chi connectivity index (χ2n) is 11.1. The number of carboxylic acids is 2. The van der Waals surface area contributed by atoms with E-state index in [1.54, 1.807) is 23.6 Å². The molecule has 0 saturated heterocycles. The van der Waals surface area contributed by atoms with Crippen molar-refractivity contribution in [3.63, 3.8) is 0 Å². The van der Waals surface area contributed by atoms with E-state index in [0.29, 0.717) is 30.0 Å². The molecule has 16 heteroatoms. The van der Waals surface area contributed by atoms with E-state index in [9.17, 15) is 19.8 Å². The van der Waals surface area contributed by atoms with Gasteiger partial charge in [-0.15, -0.1) is 56.7 Å². The summed E-state index contributed by atoms with van der Waals surface area (Å²) in [5.41, 5.74) is 0.0992. The van der Waals surface area contributed by atoms with Crippen molar-refractivity contribution in [1.82, 2.24) is 0 Å². The second-order valence-corrected chi connectivity index (χ2v) is 16.6. The molecule has 0 spiro atoms. The van der Waals surface area contributed by atoms with Crippen molar-refractivity contribution < 1.29 is 46.1 Å². The summed E-state index contributed by atoms with van der Waals surface area (Å²) >= 11 is 9.11. The summed E-state index contributed by atoms with van der Waals surface area (Å²) in [6.07, 6.45) is 2.13. The third kappa shape index (κ3) is 6.14. The molecular weight excluding hydrogens is 767 g/mol. The number of carbonyl (C=O) groups is 2. The number of halogens is 6. The van der Waals surface area contributed by atoms with Gasteiger partial charge in [0.05, 0.1) is 5.92 Å². The zero-order valence-corrected chi connectivity index (χ0v) is 29.7. The first-order chi connectivity index (χ1) is 23.1. The molecule has 5 aromatic heterocycles. The summed E-state index contributed by atoms with van der Waals surface area (Å²) in [6.45, 7) is 1.54. The van der Waals surface area contributed by atoms with E-state index in [4.69, 9.17) is 0 Å². The van der Waals surface area contributed by atoms with Crippen LogP contribution in [0, 0.1) is 5.92 Å². The number of alkyl halides is 6. The van der Waals surface area contributed by atoms with Gasteiger partial charge in [-0.25, -0.2) is 9.59 Å². The van der Waals surface area contributed by atoms with Crippen LogP contribution in [0.5, 0.6) is 0 Å². The van der Waals surface area contributed by atoms with E-state index >= 15 is 26.3 Å². The average Bonchev–Trinajstić information content (AvgIpc) is 3.88. The Morgan fingerprint density at radius 1 is 0.816 bits per heavy atom. The number of carboxylic acid groups (broad SMARTS) is 2. The summed E-state index contributed by atoms with van der Waals surface area (Å²) in [5, 5.41) is 21.9. The van der Waals surface area contributed by atoms with Crippen LogP contribution in [-0.2, 0) is 6.42 Å². The van der Waals surface area contributed by atoms with Gasteiger partial charge in [0.25, 0.3) is 0 Å². The van der Waals surface area contributed by atoms with E-state index in [-0.39, 0.29) is 25.1 Å². The molecule has 1 aliphatic rings. The molecule has 5 aromatic rings. The van der Waals surface area contributed by atoms with Crippen molar-refractivity contribution in [3.8, 4) is 29.3 Å². The Hall–Kier alpha value is -3.15. The molecule has 1 saturated carbocycles. The van der Waals surface area contributed by atoms with Gasteiger partial charge in [0, 0.05) is 40.1 Å². The molecule has 2 N–H and O–H groups in total. The molecule has 49 heavy (non-hydrogen) atoms. The van der Waals surface area contributed by atoms with Gasteiger partial charge in [-0.2, -0.15) is 39.0 Å². The fourth-order valence-electron chi connectivity index (χ4n) is 5.82. The highest BCUT2D eigenvalue weighted by atomic mass is 32.1. The Morgan fingerprint density at radius 3 is 1.96 bits per heavy atom. The van der Waals surface area contributed by atoms with Crippen LogP contribution in [-0.4, -0.2) is 39.9 Å². The fraction of sp³-hybridized carbons (Fsp3) is 0.212. The predicted molar refractivity (Wildman–Crippen MR) is 189 cm³/mol. The number of thiophene rings is 5. The van der Waals surface area contributed by atoms with Gasteiger partial charge < -0.3 is 10.2 Å². The number of hydrogen-bond donors (Lipinski definition) is 3. The van der Waals surface area contributed by atoms with Gasteiger partial charge in [-0.3, -0.25) is 0 Å². The largest absolute Gasteiger partial charge is 0.477 e. The molecule has 5 heterocycles. The summed E-state index contributed by atoms with van der Waals surface area (Å²) in [7, 11) is 0. The fourth-order valence-corrected chi connectivity index (χ4v) is 11.0. The van der Waals surface area contributed by atoms with Crippen molar-refractivity contribution in [1.29, 1.82) is 0 Å². The molecule has 256 valence electrons. The van der Waals surface area contributed by atoms with Crippen molar-refractivity contribution in [3.05, 3.63) is 97.2 Å². The maximum atomic E-state index is 16.1. The number of thiol groups is 1. The predicted octanol–water partition coefficient (Wildman–Crippen LogP) is 12.1. The van der Waals surface area contributed by atoms with Crippen LogP contribution in [0.1, 0.15) is 48.2 Å². The molecule has 2 atom stereocenters. The lowest BCUT2D eigenvalue weighted by molar-refractivity contribution is -0.278. The molecule has 1 fully saturated rings. The summed E-state index contributed by atoms with van der Waals surface area (Å²) in [6, 6.07) is 11.8. The summed E-state index contributed by atoms with van der Waals surface area (Å²) < 4.78 is 94.9. The van der Waals surface area contributed by atoms with Gasteiger partial charge in [-0.05, 0) is 83.3 Å². The molecular formula is C33H22F6O4S6. The highest BCUT2D eigenvalue weighted by Gasteiger charge is 2.84. The minimum absolute atomic E-state index is 0.0301. The Morgan fingerprint density at radius 2 is 1.43 bits per heavy atom. The quantitative estimate of drug-likeness (QED) is 0.0748. The first-order valence-corrected chi connectivity index (χ1v) is 18.8. The molecule has 2 unspecified atom stereocenters. The number of allylic oxidation sites excluding steroid dienone is 3. The lowest BCUT2D eigenvalue weighted by atomic mass is 9.81. The first kappa shape index (κ1) is 35.7. The van der Waals surface area contributed by atoms with Crippen LogP contribution in [0.3, 0.4) is 0 Å².